The highest BCUT2D eigenvalue weighted by Gasteiger charge is 2.26. The molecular formula is C11H14BrFO. The van der Waals surface area contributed by atoms with Gasteiger partial charge >= 0.3 is 0 Å². The summed E-state index contributed by atoms with van der Waals surface area (Å²) in [6.07, 6.45) is -0.782. The van der Waals surface area contributed by atoms with Crippen LogP contribution in [0.1, 0.15) is 32.4 Å². The van der Waals surface area contributed by atoms with E-state index in [1.54, 1.807) is 12.1 Å². The number of hydrogen-bond acceptors (Lipinski definition) is 1. The standard InChI is InChI=1S/C11H14BrFO/c1-11(2,3)10(14)8-5-4-7(12)6-9(8)13/h4-6,10,14H,1-3H3. The molecule has 0 spiro atoms. The van der Waals surface area contributed by atoms with Crippen molar-refractivity contribution in [2.45, 2.75) is 26.9 Å². The molecule has 1 aromatic rings. The van der Waals surface area contributed by atoms with Crippen LogP contribution in [0.4, 0.5) is 4.39 Å². The molecule has 0 aliphatic carbocycles. The summed E-state index contributed by atoms with van der Waals surface area (Å²) < 4.78 is 14.1. The van der Waals surface area contributed by atoms with Gasteiger partial charge in [-0.3, -0.25) is 0 Å². The second-order valence-corrected chi connectivity index (χ2v) is 5.35. The van der Waals surface area contributed by atoms with Crippen molar-refractivity contribution >= 4 is 15.9 Å². The predicted molar refractivity (Wildman–Crippen MR) is 58.5 cm³/mol. The normalized spacial score (nSPS) is 14.1. The Bertz CT molecular complexity index is 331. The van der Waals surface area contributed by atoms with Crippen molar-refractivity contribution in [2.75, 3.05) is 0 Å². The molecule has 0 aromatic heterocycles. The molecule has 0 aliphatic rings. The van der Waals surface area contributed by atoms with Crippen LogP contribution in [-0.4, -0.2) is 5.11 Å². The summed E-state index contributed by atoms with van der Waals surface area (Å²) in [5.74, 6) is -0.373. The average Bonchev–Trinajstić information content (AvgIpc) is 2.01. The van der Waals surface area contributed by atoms with Gasteiger partial charge in [0.25, 0.3) is 0 Å². The third kappa shape index (κ3) is 2.55. The van der Waals surface area contributed by atoms with E-state index in [0.717, 1.165) is 0 Å². The van der Waals surface area contributed by atoms with Crippen LogP contribution in [0.2, 0.25) is 0 Å². The van der Waals surface area contributed by atoms with Gasteiger partial charge in [-0.2, -0.15) is 0 Å². The number of hydrogen-bond donors (Lipinski definition) is 1. The van der Waals surface area contributed by atoms with E-state index in [-0.39, 0.29) is 11.2 Å². The summed E-state index contributed by atoms with van der Waals surface area (Å²) in [6.45, 7) is 5.62. The smallest absolute Gasteiger partial charge is 0.130 e. The first kappa shape index (κ1) is 11.7. The van der Waals surface area contributed by atoms with Gasteiger partial charge in [-0.05, 0) is 17.5 Å². The minimum absolute atomic E-state index is 0.348. The van der Waals surface area contributed by atoms with Crippen LogP contribution in [0.15, 0.2) is 22.7 Å². The van der Waals surface area contributed by atoms with Gasteiger partial charge in [-0.15, -0.1) is 0 Å². The van der Waals surface area contributed by atoms with Gasteiger partial charge in [-0.1, -0.05) is 42.8 Å². The highest BCUT2D eigenvalue weighted by molar-refractivity contribution is 9.10. The Hall–Kier alpha value is -0.410. The molecule has 1 rings (SSSR count). The van der Waals surface area contributed by atoms with E-state index in [1.165, 1.54) is 6.07 Å². The molecule has 1 N–H and O–H groups in total. The Kier molecular flexibility index (Phi) is 3.32. The number of halogens is 2. The second-order valence-electron chi connectivity index (χ2n) is 4.43. The van der Waals surface area contributed by atoms with Gasteiger partial charge < -0.3 is 5.11 Å². The lowest BCUT2D eigenvalue weighted by atomic mass is 9.85. The molecule has 0 radical (unpaired) electrons. The summed E-state index contributed by atoms with van der Waals surface area (Å²) in [5, 5.41) is 9.87. The fourth-order valence-electron chi connectivity index (χ4n) is 1.19. The third-order valence-corrected chi connectivity index (χ3v) is 2.57. The van der Waals surface area contributed by atoms with E-state index in [9.17, 15) is 9.50 Å². The van der Waals surface area contributed by atoms with Gasteiger partial charge in [0.15, 0.2) is 0 Å². The first-order valence-electron chi connectivity index (χ1n) is 4.45. The SMILES string of the molecule is CC(C)(C)C(O)c1ccc(Br)cc1F. The van der Waals surface area contributed by atoms with Gasteiger partial charge in [0.2, 0.25) is 0 Å². The molecule has 0 fully saturated rings. The first-order valence-corrected chi connectivity index (χ1v) is 5.24. The van der Waals surface area contributed by atoms with Crippen LogP contribution >= 0.6 is 15.9 Å². The Labute approximate surface area is 92.1 Å². The van der Waals surface area contributed by atoms with Crippen LogP contribution in [-0.2, 0) is 0 Å². The van der Waals surface area contributed by atoms with Crippen molar-refractivity contribution < 1.29 is 9.50 Å². The summed E-state index contributed by atoms with van der Waals surface area (Å²) >= 11 is 3.17. The van der Waals surface area contributed by atoms with Crippen molar-refractivity contribution in [2.24, 2.45) is 5.41 Å². The molecule has 0 aliphatic heterocycles. The lowest BCUT2D eigenvalue weighted by Crippen LogP contribution is -2.18. The fraction of sp³-hybridized carbons (Fsp3) is 0.455. The van der Waals surface area contributed by atoms with Crippen molar-refractivity contribution in [3.8, 4) is 0 Å². The van der Waals surface area contributed by atoms with E-state index in [1.807, 2.05) is 20.8 Å². The number of aliphatic hydroxyl groups is 1. The molecule has 1 unspecified atom stereocenters. The topological polar surface area (TPSA) is 20.2 Å². The molecular weight excluding hydrogens is 247 g/mol. The Morgan fingerprint density at radius 1 is 1.36 bits per heavy atom. The van der Waals surface area contributed by atoms with Gasteiger partial charge in [-0.25, -0.2) is 4.39 Å². The largest absolute Gasteiger partial charge is 0.388 e. The highest BCUT2D eigenvalue weighted by Crippen LogP contribution is 2.34. The molecule has 0 heterocycles. The van der Waals surface area contributed by atoms with Gasteiger partial charge in [0, 0.05) is 10.0 Å². The van der Waals surface area contributed by atoms with Gasteiger partial charge in [0.05, 0.1) is 6.10 Å². The molecule has 1 nitrogen and oxygen atoms in total. The van der Waals surface area contributed by atoms with Crippen molar-refractivity contribution in [3.63, 3.8) is 0 Å². The minimum Gasteiger partial charge on any atom is -0.388 e. The average molecular weight is 261 g/mol. The maximum absolute atomic E-state index is 13.4. The summed E-state index contributed by atoms with van der Waals surface area (Å²) in [7, 11) is 0. The van der Waals surface area contributed by atoms with Crippen molar-refractivity contribution in [3.05, 3.63) is 34.1 Å². The lowest BCUT2D eigenvalue weighted by Gasteiger charge is -2.26. The summed E-state index contributed by atoms with van der Waals surface area (Å²) in [6, 6.07) is 4.70. The monoisotopic (exact) mass is 260 g/mol. The fourth-order valence-corrected chi connectivity index (χ4v) is 1.52. The van der Waals surface area contributed by atoms with E-state index in [0.29, 0.717) is 10.0 Å². The molecule has 1 aromatic carbocycles. The molecule has 3 heteroatoms. The first-order chi connectivity index (χ1) is 6.32. The highest BCUT2D eigenvalue weighted by atomic mass is 79.9. The minimum atomic E-state index is -0.782. The van der Waals surface area contributed by atoms with E-state index in [2.05, 4.69) is 15.9 Å². The Morgan fingerprint density at radius 2 is 1.93 bits per heavy atom. The maximum Gasteiger partial charge on any atom is 0.130 e. The molecule has 0 amide bonds. The van der Waals surface area contributed by atoms with E-state index in [4.69, 9.17) is 0 Å². The van der Waals surface area contributed by atoms with E-state index < -0.39 is 6.10 Å². The third-order valence-electron chi connectivity index (χ3n) is 2.08. The quantitative estimate of drug-likeness (QED) is 0.817. The molecule has 14 heavy (non-hydrogen) atoms. The van der Waals surface area contributed by atoms with Gasteiger partial charge in [0.1, 0.15) is 5.82 Å². The molecule has 1 atom stereocenters. The zero-order valence-electron chi connectivity index (χ0n) is 8.51. The Balaban J connectivity index is 3.08. The Morgan fingerprint density at radius 3 is 2.36 bits per heavy atom. The van der Waals surface area contributed by atoms with E-state index >= 15 is 0 Å². The predicted octanol–water partition coefficient (Wildman–Crippen LogP) is 3.67. The zero-order chi connectivity index (χ0) is 10.9. The van der Waals surface area contributed by atoms with Crippen molar-refractivity contribution in [1.82, 2.24) is 0 Å². The number of aliphatic hydroxyl groups excluding tert-OH is 1. The molecule has 0 saturated heterocycles. The maximum atomic E-state index is 13.4. The van der Waals surface area contributed by atoms with Crippen LogP contribution in [0, 0.1) is 11.2 Å². The molecule has 0 saturated carbocycles. The number of benzene rings is 1. The van der Waals surface area contributed by atoms with Crippen LogP contribution in [0.5, 0.6) is 0 Å². The van der Waals surface area contributed by atoms with Crippen molar-refractivity contribution in [1.29, 1.82) is 0 Å². The zero-order valence-corrected chi connectivity index (χ0v) is 10.1. The van der Waals surface area contributed by atoms with Crippen LogP contribution < -0.4 is 0 Å². The summed E-state index contributed by atoms with van der Waals surface area (Å²) in [4.78, 5) is 0. The second kappa shape index (κ2) is 3.99. The van der Waals surface area contributed by atoms with Crippen LogP contribution in [0.25, 0.3) is 0 Å². The lowest BCUT2D eigenvalue weighted by molar-refractivity contribution is 0.0594. The summed E-state index contributed by atoms with van der Waals surface area (Å²) in [5.41, 5.74) is -0.00464. The molecule has 0 bridgehead atoms. The molecule has 78 valence electrons. The number of rotatable bonds is 1. The van der Waals surface area contributed by atoms with Crippen LogP contribution in [0.3, 0.4) is 0 Å².